The van der Waals surface area contributed by atoms with Gasteiger partial charge in [0.1, 0.15) is 6.17 Å². The molecule has 0 bridgehead atoms. The molecule has 3 aromatic carbocycles. The molecular weight excluding hydrogens is 390 g/mol. The lowest BCUT2D eigenvalue weighted by molar-refractivity contribution is 0.386. The maximum atomic E-state index is 5.23. The Morgan fingerprint density at radius 3 is 2.12 bits per heavy atom. The lowest BCUT2D eigenvalue weighted by Gasteiger charge is -2.37. The summed E-state index contributed by atoms with van der Waals surface area (Å²) in [7, 11) is 0. The van der Waals surface area contributed by atoms with Crippen LogP contribution in [0.15, 0.2) is 71.8 Å². The molecule has 0 saturated heterocycles. The Labute approximate surface area is 193 Å². The standard InChI is InChI=1S/C25H23N3.2C2H6/c1-4-25(3)20-14-9-13-18-17-11-6-7-12-19(17)23-26-28(24(25)27(23)22(18)20)21-15-8-5-10-16(21)2;2*1-2/h5-15,24H,4H2,1-3H3;2*1-2H3. The minimum Gasteiger partial charge on any atom is -0.300 e. The van der Waals surface area contributed by atoms with Crippen LogP contribution in [0.1, 0.15) is 64.7 Å². The Bertz CT molecular complexity index is 1160. The van der Waals surface area contributed by atoms with Crippen LogP contribution in [0.4, 0.5) is 11.4 Å². The molecule has 32 heavy (non-hydrogen) atoms. The van der Waals surface area contributed by atoms with Crippen LogP contribution in [0.25, 0.3) is 11.1 Å². The molecule has 6 rings (SSSR count). The Kier molecular flexibility index (Phi) is 5.85. The van der Waals surface area contributed by atoms with Crippen molar-refractivity contribution >= 4 is 17.2 Å². The van der Waals surface area contributed by atoms with Gasteiger partial charge in [0.15, 0.2) is 5.84 Å². The second kappa shape index (κ2) is 8.46. The highest BCUT2D eigenvalue weighted by molar-refractivity contribution is 6.22. The first-order chi connectivity index (χ1) is 15.6. The molecule has 3 aromatic rings. The largest absolute Gasteiger partial charge is 0.300 e. The van der Waals surface area contributed by atoms with Gasteiger partial charge in [0.25, 0.3) is 0 Å². The second-order valence-corrected chi connectivity index (χ2v) is 8.32. The molecule has 0 radical (unpaired) electrons. The zero-order chi connectivity index (χ0) is 23.0. The zero-order valence-electron chi connectivity index (χ0n) is 20.5. The van der Waals surface area contributed by atoms with Crippen molar-refractivity contribution in [3.8, 4) is 11.1 Å². The Hall–Kier alpha value is -3.07. The van der Waals surface area contributed by atoms with Crippen LogP contribution in [0, 0.1) is 6.92 Å². The van der Waals surface area contributed by atoms with E-state index in [1.54, 1.807) is 0 Å². The van der Waals surface area contributed by atoms with Crippen molar-refractivity contribution in [3.05, 3.63) is 83.4 Å². The Morgan fingerprint density at radius 2 is 1.44 bits per heavy atom. The van der Waals surface area contributed by atoms with E-state index in [0.29, 0.717) is 0 Å². The van der Waals surface area contributed by atoms with Gasteiger partial charge >= 0.3 is 0 Å². The summed E-state index contributed by atoms with van der Waals surface area (Å²) < 4.78 is 0. The molecule has 3 aliphatic rings. The third kappa shape index (κ3) is 2.83. The molecule has 0 amide bonds. The molecule has 3 heteroatoms. The first-order valence-corrected chi connectivity index (χ1v) is 12.1. The molecule has 2 atom stereocenters. The van der Waals surface area contributed by atoms with Crippen LogP contribution >= 0.6 is 0 Å². The minimum atomic E-state index is 0.000910. The lowest BCUT2D eigenvalue weighted by atomic mass is 9.78. The van der Waals surface area contributed by atoms with Crippen molar-refractivity contribution < 1.29 is 0 Å². The molecule has 3 heterocycles. The molecular formula is C29H35N3. The molecule has 0 fully saturated rings. The van der Waals surface area contributed by atoms with Gasteiger partial charge in [0.05, 0.1) is 11.4 Å². The topological polar surface area (TPSA) is 18.8 Å². The normalized spacial score (nSPS) is 21.0. The van der Waals surface area contributed by atoms with Gasteiger partial charge in [0.2, 0.25) is 0 Å². The third-order valence-electron chi connectivity index (χ3n) is 6.92. The number of rotatable bonds is 2. The highest BCUT2D eigenvalue weighted by Crippen LogP contribution is 2.57. The maximum Gasteiger partial charge on any atom is 0.163 e. The van der Waals surface area contributed by atoms with Crippen molar-refractivity contribution in [1.29, 1.82) is 0 Å². The summed E-state index contributed by atoms with van der Waals surface area (Å²) >= 11 is 0. The second-order valence-electron chi connectivity index (χ2n) is 8.32. The van der Waals surface area contributed by atoms with Crippen molar-refractivity contribution in [1.82, 2.24) is 0 Å². The smallest absolute Gasteiger partial charge is 0.163 e. The van der Waals surface area contributed by atoms with Gasteiger partial charge in [-0.1, -0.05) is 102 Å². The van der Waals surface area contributed by atoms with E-state index in [1.165, 1.54) is 39.2 Å². The van der Waals surface area contributed by atoms with E-state index in [0.717, 1.165) is 12.3 Å². The summed E-state index contributed by atoms with van der Waals surface area (Å²) in [5, 5.41) is 7.50. The number of para-hydroxylation sites is 2. The number of anilines is 2. The van der Waals surface area contributed by atoms with Crippen LogP contribution in [-0.4, -0.2) is 12.0 Å². The van der Waals surface area contributed by atoms with Gasteiger partial charge in [-0.3, -0.25) is 4.90 Å². The number of hydrogen-bond acceptors (Lipinski definition) is 3. The molecule has 3 aliphatic heterocycles. The number of hydrogen-bond donors (Lipinski definition) is 0. The lowest BCUT2D eigenvalue weighted by Crippen LogP contribution is -2.50. The fraction of sp³-hybridized carbons (Fsp3) is 0.345. The van der Waals surface area contributed by atoms with Gasteiger partial charge in [-0.15, -0.1) is 0 Å². The summed E-state index contributed by atoms with van der Waals surface area (Å²) in [5.41, 5.74) is 9.11. The van der Waals surface area contributed by atoms with Crippen LogP contribution < -0.4 is 9.91 Å². The molecule has 3 nitrogen and oxygen atoms in total. The summed E-state index contributed by atoms with van der Waals surface area (Å²) in [6.45, 7) is 14.9. The first kappa shape index (κ1) is 22.1. The summed E-state index contributed by atoms with van der Waals surface area (Å²) in [6, 6.07) is 24.1. The van der Waals surface area contributed by atoms with Crippen LogP contribution in [0.5, 0.6) is 0 Å². The quantitative estimate of drug-likeness (QED) is 0.418. The fourth-order valence-electron chi connectivity index (χ4n) is 5.31. The van der Waals surface area contributed by atoms with Crippen molar-refractivity contribution in [2.75, 3.05) is 9.91 Å². The maximum absolute atomic E-state index is 5.23. The predicted molar refractivity (Wildman–Crippen MR) is 139 cm³/mol. The van der Waals surface area contributed by atoms with E-state index < -0.39 is 0 Å². The average Bonchev–Trinajstić information content (AvgIpc) is 3.38. The molecule has 166 valence electrons. The number of benzene rings is 3. The molecule has 2 unspecified atom stereocenters. The summed E-state index contributed by atoms with van der Waals surface area (Å²) in [6.07, 6.45) is 1.23. The molecule has 0 aliphatic carbocycles. The molecule has 0 spiro atoms. The van der Waals surface area contributed by atoms with Crippen molar-refractivity contribution in [2.45, 2.75) is 66.5 Å². The predicted octanol–water partition coefficient (Wildman–Crippen LogP) is 7.72. The van der Waals surface area contributed by atoms with E-state index >= 15 is 0 Å². The minimum absolute atomic E-state index is 0.000910. The Balaban J connectivity index is 0.000000582. The summed E-state index contributed by atoms with van der Waals surface area (Å²) in [5.74, 6) is 1.08. The van der Waals surface area contributed by atoms with Crippen LogP contribution in [0.2, 0.25) is 0 Å². The van der Waals surface area contributed by atoms with E-state index in [4.69, 9.17) is 5.10 Å². The fourth-order valence-corrected chi connectivity index (χ4v) is 5.31. The van der Waals surface area contributed by atoms with Crippen LogP contribution in [-0.2, 0) is 5.41 Å². The molecule has 0 N–H and O–H groups in total. The first-order valence-electron chi connectivity index (χ1n) is 12.1. The van der Waals surface area contributed by atoms with E-state index in [-0.39, 0.29) is 11.6 Å². The van der Waals surface area contributed by atoms with Gasteiger partial charge in [0, 0.05) is 16.5 Å². The van der Waals surface area contributed by atoms with E-state index in [9.17, 15) is 0 Å². The average molecular weight is 426 g/mol. The van der Waals surface area contributed by atoms with Gasteiger partial charge in [-0.25, -0.2) is 5.01 Å². The molecule has 0 saturated carbocycles. The van der Waals surface area contributed by atoms with Gasteiger partial charge < -0.3 is 0 Å². The highest BCUT2D eigenvalue weighted by atomic mass is 15.6. The van der Waals surface area contributed by atoms with E-state index in [1.807, 2.05) is 27.7 Å². The van der Waals surface area contributed by atoms with Crippen molar-refractivity contribution in [2.24, 2.45) is 5.10 Å². The van der Waals surface area contributed by atoms with Crippen molar-refractivity contribution in [3.63, 3.8) is 0 Å². The van der Waals surface area contributed by atoms with Crippen LogP contribution in [0.3, 0.4) is 0 Å². The van der Waals surface area contributed by atoms with Gasteiger partial charge in [-0.2, -0.15) is 5.10 Å². The highest BCUT2D eigenvalue weighted by Gasteiger charge is 2.57. The number of hydrazone groups is 1. The zero-order valence-corrected chi connectivity index (χ0v) is 20.5. The number of fused-ring (bicyclic) bond motifs is 3. The number of nitrogens with zero attached hydrogens (tertiary/aromatic N) is 3. The van der Waals surface area contributed by atoms with Gasteiger partial charge in [-0.05, 0) is 36.1 Å². The monoisotopic (exact) mass is 425 g/mol. The Morgan fingerprint density at radius 1 is 0.812 bits per heavy atom. The summed E-state index contributed by atoms with van der Waals surface area (Å²) in [4.78, 5) is 2.50. The third-order valence-corrected chi connectivity index (χ3v) is 6.92. The van der Waals surface area contributed by atoms with E-state index in [2.05, 4.69) is 97.4 Å². The SMILES string of the molecule is CC.CC.CCC1(C)c2cccc3c2N2C(=NN(c4ccccc4C)C21)c1ccccc1-3. The molecule has 0 aromatic heterocycles. The number of amidine groups is 1. The number of aryl methyl sites for hydroxylation is 1.